The molecule has 2 heteroatoms. The van der Waals surface area contributed by atoms with Crippen LogP contribution in [0.15, 0.2) is 237 Å². The number of anilines is 6. The zero-order valence-electron chi connectivity index (χ0n) is 40.4. The average molecular weight is 899 g/mol. The largest absolute Gasteiger partial charge is 0.310 e. The van der Waals surface area contributed by atoms with E-state index in [1.807, 2.05) is 0 Å². The molecule has 0 fully saturated rings. The lowest BCUT2D eigenvalue weighted by atomic mass is 9.69. The highest BCUT2D eigenvalue weighted by Crippen LogP contribution is 2.66. The highest BCUT2D eigenvalue weighted by atomic mass is 15.1. The van der Waals surface area contributed by atoms with Gasteiger partial charge in [0, 0.05) is 39.4 Å². The molecular formula is C68H54N2. The molecule has 3 aliphatic carbocycles. The minimum Gasteiger partial charge on any atom is -0.310 e. The Morgan fingerprint density at radius 1 is 0.314 bits per heavy atom. The van der Waals surface area contributed by atoms with Gasteiger partial charge in [-0.25, -0.2) is 0 Å². The molecule has 2 nitrogen and oxygen atoms in total. The number of rotatable bonds is 7. The number of hydrogen-bond donors (Lipinski definition) is 0. The molecule has 10 aromatic rings. The highest BCUT2D eigenvalue weighted by Gasteiger charge is 2.53. The molecule has 0 saturated carbocycles. The maximum absolute atomic E-state index is 2.57. The van der Waals surface area contributed by atoms with Gasteiger partial charge in [0.15, 0.2) is 0 Å². The van der Waals surface area contributed by atoms with Gasteiger partial charge in [-0.2, -0.15) is 0 Å². The van der Waals surface area contributed by atoms with Crippen LogP contribution in [0.4, 0.5) is 34.1 Å². The first-order valence-electron chi connectivity index (χ1n) is 24.8. The quantitative estimate of drug-likeness (QED) is 0.157. The first-order valence-corrected chi connectivity index (χ1v) is 24.8. The Hall–Kier alpha value is -8.20. The molecule has 0 saturated heterocycles. The van der Waals surface area contributed by atoms with Crippen LogP contribution in [0.5, 0.6) is 0 Å². The molecule has 0 radical (unpaired) electrons. The van der Waals surface area contributed by atoms with Crippen LogP contribution in [0.25, 0.3) is 44.5 Å². The molecular weight excluding hydrogens is 845 g/mol. The SMILES string of the molecule is CC(C)(C)c1cccc2c1-c1cc(-c3ccccc3)c(N(c3ccccc3)c3ccccc3)cc1C21c2ccccc2-c2ccc(N(c3ccccc3)c3ccc4c(c3)-c3ccccc3C4(C)C)cc21. The first-order chi connectivity index (χ1) is 34.1. The summed E-state index contributed by atoms with van der Waals surface area (Å²) >= 11 is 0. The van der Waals surface area contributed by atoms with Crippen molar-refractivity contribution < 1.29 is 0 Å². The molecule has 13 rings (SSSR count). The van der Waals surface area contributed by atoms with Crippen LogP contribution < -0.4 is 9.80 Å². The number of nitrogens with zero attached hydrogens (tertiary/aromatic N) is 2. The van der Waals surface area contributed by atoms with Gasteiger partial charge in [0.1, 0.15) is 0 Å². The number of benzene rings is 10. The minimum absolute atomic E-state index is 0.0846. The molecule has 1 spiro atoms. The van der Waals surface area contributed by atoms with Crippen molar-refractivity contribution in [1.82, 2.24) is 0 Å². The molecule has 0 N–H and O–H groups in total. The van der Waals surface area contributed by atoms with Gasteiger partial charge < -0.3 is 9.80 Å². The van der Waals surface area contributed by atoms with Gasteiger partial charge in [0.25, 0.3) is 0 Å². The summed E-state index contributed by atoms with van der Waals surface area (Å²) in [6, 6.07) is 88.5. The van der Waals surface area contributed by atoms with Crippen LogP contribution in [0, 0.1) is 0 Å². The van der Waals surface area contributed by atoms with Crippen molar-refractivity contribution in [1.29, 1.82) is 0 Å². The predicted molar refractivity (Wildman–Crippen MR) is 294 cm³/mol. The summed E-state index contributed by atoms with van der Waals surface area (Å²) in [5.74, 6) is 0. The van der Waals surface area contributed by atoms with E-state index in [0.717, 1.165) is 34.1 Å². The van der Waals surface area contributed by atoms with Crippen molar-refractivity contribution in [3.63, 3.8) is 0 Å². The van der Waals surface area contributed by atoms with E-state index in [4.69, 9.17) is 0 Å². The first kappa shape index (κ1) is 41.9. The van der Waals surface area contributed by atoms with Crippen LogP contribution in [0.1, 0.15) is 73.6 Å². The second-order valence-electron chi connectivity index (χ2n) is 20.9. The molecule has 0 heterocycles. The summed E-state index contributed by atoms with van der Waals surface area (Å²) in [6.45, 7) is 11.8. The van der Waals surface area contributed by atoms with Gasteiger partial charge in [-0.05, 0) is 156 Å². The summed E-state index contributed by atoms with van der Waals surface area (Å²) in [5.41, 5.74) is 25.4. The Labute approximate surface area is 412 Å². The zero-order chi connectivity index (χ0) is 47.4. The lowest BCUT2D eigenvalue weighted by Gasteiger charge is -2.34. The van der Waals surface area contributed by atoms with E-state index in [0.29, 0.717) is 0 Å². The smallest absolute Gasteiger partial charge is 0.0727 e. The third-order valence-electron chi connectivity index (χ3n) is 15.6. The summed E-state index contributed by atoms with van der Waals surface area (Å²) in [6.07, 6.45) is 0. The third kappa shape index (κ3) is 6.12. The van der Waals surface area contributed by atoms with Crippen LogP contribution in [0.3, 0.4) is 0 Å². The van der Waals surface area contributed by atoms with E-state index in [2.05, 4.69) is 281 Å². The van der Waals surface area contributed by atoms with Crippen LogP contribution in [-0.4, -0.2) is 0 Å². The van der Waals surface area contributed by atoms with E-state index >= 15 is 0 Å². The van der Waals surface area contributed by atoms with E-state index in [1.54, 1.807) is 0 Å². The van der Waals surface area contributed by atoms with Gasteiger partial charge in [-0.15, -0.1) is 0 Å². The van der Waals surface area contributed by atoms with Gasteiger partial charge in [0.05, 0.1) is 11.1 Å². The Morgan fingerprint density at radius 3 is 1.44 bits per heavy atom. The molecule has 0 amide bonds. The lowest BCUT2D eigenvalue weighted by Crippen LogP contribution is -2.27. The molecule has 0 aromatic heterocycles. The monoisotopic (exact) mass is 898 g/mol. The number of para-hydroxylation sites is 3. The van der Waals surface area contributed by atoms with Gasteiger partial charge >= 0.3 is 0 Å². The molecule has 0 aliphatic heterocycles. The molecule has 1 atom stereocenters. The van der Waals surface area contributed by atoms with Crippen molar-refractivity contribution in [2.24, 2.45) is 0 Å². The lowest BCUT2D eigenvalue weighted by molar-refractivity contribution is 0.591. The Balaban J connectivity index is 1.13. The number of hydrogen-bond acceptors (Lipinski definition) is 2. The summed E-state index contributed by atoms with van der Waals surface area (Å²) in [7, 11) is 0. The fourth-order valence-electron chi connectivity index (χ4n) is 12.5. The van der Waals surface area contributed by atoms with Crippen molar-refractivity contribution in [3.05, 3.63) is 276 Å². The summed E-state index contributed by atoms with van der Waals surface area (Å²) < 4.78 is 0. The Bertz CT molecular complexity index is 3620. The standard InChI is InChI=1S/C68H54N2/c1-66(2,3)60-35-22-36-61-65(60)56-43-54(45-23-10-6-11-24-45)64(70(47-27-14-8-15-28-47)48-29-16-9-17-30-48)44-63(56)68(61)59-34-21-19-31-51(59)53-39-37-50(42-62(53)68)69(46-25-12-7-13-26-46)49-38-40-58-55(41-49)52-32-18-20-33-57(52)67(58,4)5/h6-44H,1-5H3. The van der Waals surface area contributed by atoms with Crippen molar-refractivity contribution in [2.45, 2.75) is 50.9 Å². The fourth-order valence-corrected chi connectivity index (χ4v) is 12.5. The summed E-state index contributed by atoms with van der Waals surface area (Å²) in [4.78, 5) is 4.94. The predicted octanol–water partition coefficient (Wildman–Crippen LogP) is 18.2. The number of fused-ring (bicyclic) bond motifs is 13. The zero-order valence-corrected chi connectivity index (χ0v) is 40.4. The molecule has 3 aliphatic rings. The molecule has 0 bridgehead atoms. The average Bonchev–Trinajstić information content (AvgIpc) is 3.95. The van der Waals surface area contributed by atoms with E-state index in [-0.39, 0.29) is 10.8 Å². The maximum Gasteiger partial charge on any atom is 0.0727 e. The normalized spacial score (nSPS) is 15.4. The van der Waals surface area contributed by atoms with Crippen molar-refractivity contribution in [3.8, 4) is 44.5 Å². The van der Waals surface area contributed by atoms with Crippen LogP contribution >= 0.6 is 0 Å². The topological polar surface area (TPSA) is 6.48 Å². The molecule has 70 heavy (non-hydrogen) atoms. The minimum atomic E-state index is -0.639. The second kappa shape index (κ2) is 15.7. The van der Waals surface area contributed by atoms with Gasteiger partial charge in [0.2, 0.25) is 0 Å². The molecule has 10 aromatic carbocycles. The van der Waals surface area contributed by atoms with Crippen LogP contribution in [-0.2, 0) is 16.2 Å². The second-order valence-corrected chi connectivity index (χ2v) is 20.9. The molecule has 1 unspecified atom stereocenters. The van der Waals surface area contributed by atoms with Crippen LogP contribution in [0.2, 0.25) is 0 Å². The summed E-state index contributed by atoms with van der Waals surface area (Å²) in [5, 5.41) is 0. The van der Waals surface area contributed by atoms with Gasteiger partial charge in [-0.1, -0.05) is 198 Å². The van der Waals surface area contributed by atoms with Gasteiger partial charge in [-0.3, -0.25) is 0 Å². The maximum atomic E-state index is 2.57. The third-order valence-corrected chi connectivity index (χ3v) is 15.6. The van der Waals surface area contributed by atoms with E-state index in [1.165, 1.54) is 83.5 Å². The van der Waals surface area contributed by atoms with E-state index in [9.17, 15) is 0 Å². The van der Waals surface area contributed by atoms with E-state index < -0.39 is 5.41 Å². The van der Waals surface area contributed by atoms with Crippen molar-refractivity contribution in [2.75, 3.05) is 9.80 Å². The van der Waals surface area contributed by atoms with Crippen molar-refractivity contribution >= 4 is 34.1 Å². The fraction of sp³-hybridized carbons (Fsp3) is 0.118. The Kier molecular flexibility index (Phi) is 9.39. The highest BCUT2D eigenvalue weighted by molar-refractivity contribution is 6.02. The molecule has 336 valence electrons. The Morgan fingerprint density at radius 2 is 0.800 bits per heavy atom.